The minimum atomic E-state index is -3.92. The van der Waals surface area contributed by atoms with Crippen LogP contribution in [0.4, 0.5) is 4.79 Å². The lowest BCUT2D eigenvalue weighted by atomic mass is 9.94. The first kappa shape index (κ1) is 38.3. The number of nitrogens with zero attached hydrogens (tertiary/aromatic N) is 2. The molecule has 6 rings (SSSR count). The third kappa shape index (κ3) is 8.69. The molecular weight excluding hydrogens is 706 g/mol. The lowest BCUT2D eigenvalue weighted by molar-refractivity contribution is -0.142. The van der Waals surface area contributed by atoms with Gasteiger partial charge in [-0.05, 0) is 88.9 Å². The van der Waals surface area contributed by atoms with Gasteiger partial charge in [-0.1, -0.05) is 19.1 Å². The van der Waals surface area contributed by atoms with Gasteiger partial charge in [0.1, 0.15) is 35.1 Å². The number of nitrogens with one attached hydrogen (secondary N) is 3. The van der Waals surface area contributed by atoms with Crippen molar-refractivity contribution in [2.24, 2.45) is 11.8 Å². The molecule has 7 atom stereocenters. The molecular formula is C37H49N5O10S. The van der Waals surface area contributed by atoms with Crippen LogP contribution in [0, 0.1) is 11.8 Å². The first-order valence-electron chi connectivity index (χ1n) is 18.1. The summed E-state index contributed by atoms with van der Waals surface area (Å²) >= 11 is 0. The molecule has 1 saturated heterocycles. The van der Waals surface area contributed by atoms with Crippen LogP contribution in [-0.2, 0) is 33.9 Å². The predicted octanol–water partition coefficient (Wildman–Crippen LogP) is 2.97. The Kier molecular flexibility index (Phi) is 10.7. The summed E-state index contributed by atoms with van der Waals surface area (Å²) in [6.45, 7) is 8.94. The number of aromatic nitrogens is 1. The van der Waals surface area contributed by atoms with Crippen molar-refractivity contribution in [3.8, 4) is 11.6 Å². The standard InChI is InChI=1S/C37H49N5O10S/c1-21-16-22(2)50-15-7-8-24-19-37(24,34(45)41-53(47,48)27-10-11-27)40-31(43)29-18-26(20-42(29)33(44)30(21)39-35(46)52-36(3,4)5)51-32-28-12-9-25(49-6)17-23(28)13-14-38-32/h7-9,12-14,17,21-22,24,26-27,29-30H,10-11,15-16,18-20H2,1-6H3,(H,39,46)(H,40,43)(H,41,45)/b8-7-/t21-,22+,24?,26-,29+,30+,37-/m1/s1. The highest BCUT2D eigenvalue weighted by molar-refractivity contribution is 7.91. The van der Waals surface area contributed by atoms with E-state index in [1.165, 1.54) is 4.90 Å². The van der Waals surface area contributed by atoms with Gasteiger partial charge in [0, 0.05) is 23.9 Å². The molecule has 2 aliphatic carbocycles. The molecule has 4 aliphatic rings. The second-order valence-electron chi connectivity index (χ2n) is 15.5. The van der Waals surface area contributed by atoms with Crippen LogP contribution in [0.3, 0.4) is 0 Å². The highest BCUT2D eigenvalue weighted by Gasteiger charge is 2.62. The fraction of sp³-hybridized carbons (Fsp3) is 0.595. The van der Waals surface area contributed by atoms with Crippen molar-refractivity contribution in [3.05, 3.63) is 42.6 Å². The van der Waals surface area contributed by atoms with E-state index in [1.807, 2.05) is 32.0 Å². The summed E-state index contributed by atoms with van der Waals surface area (Å²) in [5.74, 6) is -2.07. The number of methoxy groups -OCH3 is 1. The molecule has 288 valence electrons. The third-order valence-electron chi connectivity index (χ3n) is 10.1. The van der Waals surface area contributed by atoms with Crippen LogP contribution in [0.25, 0.3) is 10.8 Å². The first-order valence-corrected chi connectivity index (χ1v) is 19.6. The van der Waals surface area contributed by atoms with E-state index in [-0.39, 0.29) is 32.1 Å². The number of sulfonamides is 1. The zero-order valence-electron chi connectivity index (χ0n) is 30.9. The SMILES string of the molecule is COc1ccc2c(O[C@@H]3C[C@H]4C(=O)N[C@]5(C(=O)NS(=O)(=O)C6CC6)CC5/C=C\CO[C@@H](C)C[C@@H](C)[C@H](NC(=O)OC(C)(C)C)C(=O)N4C3)nccc2c1. The molecule has 2 aromatic rings. The van der Waals surface area contributed by atoms with Crippen molar-refractivity contribution < 1.29 is 46.5 Å². The summed E-state index contributed by atoms with van der Waals surface area (Å²) in [5, 5.41) is 6.45. The molecule has 0 radical (unpaired) electrons. The highest BCUT2D eigenvalue weighted by Crippen LogP contribution is 2.46. The van der Waals surface area contributed by atoms with Gasteiger partial charge in [0.2, 0.25) is 27.7 Å². The Bertz CT molecular complexity index is 1890. The molecule has 16 heteroatoms. The maximum absolute atomic E-state index is 14.7. The lowest BCUT2D eigenvalue weighted by Gasteiger charge is -2.33. The summed E-state index contributed by atoms with van der Waals surface area (Å²) in [7, 11) is -2.35. The monoisotopic (exact) mass is 755 g/mol. The zero-order valence-corrected chi connectivity index (χ0v) is 31.7. The molecule has 0 bridgehead atoms. The Morgan fingerprint density at radius 3 is 2.57 bits per heavy atom. The third-order valence-corrected chi connectivity index (χ3v) is 11.9. The minimum absolute atomic E-state index is 0.0252. The van der Waals surface area contributed by atoms with Gasteiger partial charge >= 0.3 is 6.09 Å². The topological polar surface area (TPSA) is 192 Å². The predicted molar refractivity (Wildman–Crippen MR) is 193 cm³/mol. The maximum Gasteiger partial charge on any atom is 0.408 e. The molecule has 3 fully saturated rings. The van der Waals surface area contributed by atoms with Gasteiger partial charge in [-0.25, -0.2) is 18.2 Å². The van der Waals surface area contributed by atoms with Crippen molar-refractivity contribution in [1.82, 2.24) is 25.2 Å². The van der Waals surface area contributed by atoms with Gasteiger partial charge < -0.3 is 34.5 Å². The molecule has 1 unspecified atom stereocenters. The Hall–Kier alpha value is -4.44. The average Bonchev–Trinajstić information content (AvgIpc) is 4.01. The van der Waals surface area contributed by atoms with Gasteiger partial charge in [0.25, 0.3) is 5.91 Å². The number of hydrogen-bond acceptors (Lipinski definition) is 11. The summed E-state index contributed by atoms with van der Waals surface area (Å²) in [6, 6.07) is 4.98. The summed E-state index contributed by atoms with van der Waals surface area (Å²) in [4.78, 5) is 61.7. The van der Waals surface area contributed by atoms with Crippen molar-refractivity contribution in [2.45, 2.75) is 107 Å². The largest absolute Gasteiger partial charge is 0.497 e. The zero-order chi connectivity index (χ0) is 38.3. The maximum atomic E-state index is 14.7. The second-order valence-corrected chi connectivity index (χ2v) is 17.5. The Morgan fingerprint density at radius 1 is 1.11 bits per heavy atom. The minimum Gasteiger partial charge on any atom is -0.497 e. The Labute approximate surface area is 309 Å². The number of carbonyl (C=O) groups excluding carboxylic acids is 4. The Morgan fingerprint density at radius 2 is 1.87 bits per heavy atom. The van der Waals surface area contributed by atoms with Crippen LogP contribution in [0.1, 0.15) is 66.7 Å². The summed E-state index contributed by atoms with van der Waals surface area (Å²) in [6.07, 6.45) is 4.69. The molecule has 2 saturated carbocycles. The van der Waals surface area contributed by atoms with E-state index in [0.717, 1.165) is 5.39 Å². The molecule has 0 spiro atoms. The van der Waals surface area contributed by atoms with Crippen LogP contribution in [0.15, 0.2) is 42.6 Å². The van der Waals surface area contributed by atoms with Crippen LogP contribution in [0.2, 0.25) is 0 Å². The van der Waals surface area contributed by atoms with Crippen molar-refractivity contribution >= 4 is 44.6 Å². The van der Waals surface area contributed by atoms with E-state index in [9.17, 15) is 27.6 Å². The molecule has 1 aromatic heterocycles. The molecule has 3 N–H and O–H groups in total. The summed E-state index contributed by atoms with van der Waals surface area (Å²) < 4.78 is 51.2. The number of ether oxygens (including phenoxy) is 4. The van der Waals surface area contributed by atoms with Gasteiger partial charge in [-0.15, -0.1) is 0 Å². The number of hydrogen-bond donors (Lipinski definition) is 3. The number of carbonyl (C=O) groups is 4. The van der Waals surface area contributed by atoms with E-state index in [4.69, 9.17) is 18.9 Å². The molecule has 2 aliphatic heterocycles. The van der Waals surface area contributed by atoms with E-state index < -0.39 is 80.3 Å². The van der Waals surface area contributed by atoms with E-state index in [0.29, 0.717) is 36.3 Å². The molecule has 3 heterocycles. The van der Waals surface area contributed by atoms with E-state index >= 15 is 0 Å². The number of alkyl carbamates (subject to hydrolysis) is 1. The highest BCUT2D eigenvalue weighted by atomic mass is 32.2. The molecule has 1 aromatic carbocycles. The number of fused-ring (bicyclic) bond motifs is 3. The second kappa shape index (κ2) is 14.8. The average molecular weight is 756 g/mol. The van der Waals surface area contributed by atoms with Crippen LogP contribution >= 0.6 is 0 Å². The van der Waals surface area contributed by atoms with Crippen LogP contribution in [-0.4, -0.2) is 103 Å². The van der Waals surface area contributed by atoms with Crippen molar-refractivity contribution in [3.63, 3.8) is 0 Å². The van der Waals surface area contributed by atoms with Crippen molar-refractivity contribution in [2.75, 3.05) is 20.3 Å². The van der Waals surface area contributed by atoms with Crippen LogP contribution in [0.5, 0.6) is 11.6 Å². The smallest absolute Gasteiger partial charge is 0.408 e. The molecule has 53 heavy (non-hydrogen) atoms. The van der Waals surface area contributed by atoms with Crippen LogP contribution < -0.4 is 24.8 Å². The van der Waals surface area contributed by atoms with Gasteiger partial charge in [-0.2, -0.15) is 0 Å². The fourth-order valence-electron chi connectivity index (χ4n) is 7.08. The first-order chi connectivity index (χ1) is 25.0. The number of benzene rings is 1. The van der Waals surface area contributed by atoms with Gasteiger partial charge in [0.15, 0.2) is 0 Å². The van der Waals surface area contributed by atoms with Crippen molar-refractivity contribution in [1.29, 1.82) is 0 Å². The van der Waals surface area contributed by atoms with E-state index in [2.05, 4.69) is 20.3 Å². The normalized spacial score (nSPS) is 30.1. The Balaban J connectivity index is 1.34. The van der Waals surface area contributed by atoms with Gasteiger partial charge in [-0.3, -0.25) is 19.1 Å². The summed E-state index contributed by atoms with van der Waals surface area (Å²) in [5.41, 5.74) is -2.40. The molecule has 15 nitrogen and oxygen atoms in total. The van der Waals surface area contributed by atoms with Gasteiger partial charge in [0.05, 0.1) is 31.6 Å². The number of amides is 4. The fourth-order valence-corrected chi connectivity index (χ4v) is 8.44. The van der Waals surface area contributed by atoms with E-state index in [1.54, 1.807) is 52.3 Å². The quantitative estimate of drug-likeness (QED) is 0.352. The number of pyridine rings is 1. The molecule has 4 amide bonds. The number of rotatable bonds is 7. The lowest BCUT2D eigenvalue weighted by Crippen LogP contribution is -2.59.